The highest BCUT2D eigenvalue weighted by molar-refractivity contribution is 6.30. The number of halogens is 1. The van der Waals surface area contributed by atoms with Crippen molar-refractivity contribution < 1.29 is 19.4 Å². The van der Waals surface area contributed by atoms with Crippen LogP contribution in [0, 0.1) is 6.92 Å². The van der Waals surface area contributed by atoms with E-state index in [1.165, 1.54) is 4.90 Å². The maximum atomic E-state index is 12.6. The van der Waals surface area contributed by atoms with E-state index in [-0.39, 0.29) is 25.4 Å². The van der Waals surface area contributed by atoms with Gasteiger partial charge in [0.2, 0.25) is 5.91 Å². The maximum Gasteiger partial charge on any atom is 0.328 e. The molecule has 144 valence electrons. The predicted octanol–water partition coefficient (Wildman–Crippen LogP) is 1.55. The molecule has 1 unspecified atom stereocenters. The number of fused-ring (bicyclic) bond motifs is 1. The number of ether oxygens (including phenoxy) is 1. The van der Waals surface area contributed by atoms with Gasteiger partial charge in [0, 0.05) is 18.0 Å². The first-order valence-corrected chi connectivity index (χ1v) is 8.77. The molecule has 1 amide bonds. The Hall–Kier alpha value is -2.81. The summed E-state index contributed by atoms with van der Waals surface area (Å²) in [6.45, 7) is 2.33. The van der Waals surface area contributed by atoms with Crippen molar-refractivity contribution in [3.63, 3.8) is 0 Å². The Bertz CT molecular complexity index is 869. The minimum absolute atomic E-state index is 0.118. The molecule has 1 aliphatic heterocycles. The summed E-state index contributed by atoms with van der Waals surface area (Å²) in [5.74, 6) is 0.507. The van der Waals surface area contributed by atoms with Gasteiger partial charge in [-0.3, -0.25) is 4.79 Å². The van der Waals surface area contributed by atoms with Gasteiger partial charge < -0.3 is 24.6 Å². The van der Waals surface area contributed by atoms with Crippen molar-refractivity contribution in [3.8, 4) is 5.75 Å². The first kappa shape index (κ1) is 19.0. The molecule has 27 heavy (non-hydrogen) atoms. The third kappa shape index (κ3) is 3.97. The van der Waals surface area contributed by atoms with Crippen LogP contribution in [-0.4, -0.2) is 56.3 Å². The van der Waals surface area contributed by atoms with Crippen LogP contribution < -0.4 is 10.1 Å². The van der Waals surface area contributed by atoms with Gasteiger partial charge in [-0.25, -0.2) is 4.79 Å². The zero-order valence-corrected chi connectivity index (χ0v) is 15.7. The Balaban J connectivity index is 1.66. The van der Waals surface area contributed by atoms with Gasteiger partial charge in [0.05, 0.1) is 25.9 Å². The number of hydrogen-bond donors (Lipinski definition) is 2. The summed E-state index contributed by atoms with van der Waals surface area (Å²) in [6.07, 6.45) is 0.118. The summed E-state index contributed by atoms with van der Waals surface area (Å²) in [5.41, 5.74) is 0.668. The molecule has 9 nitrogen and oxygen atoms in total. The number of nitrogens with zero attached hydrogens (tertiary/aromatic N) is 4. The van der Waals surface area contributed by atoms with Crippen LogP contribution >= 0.6 is 11.6 Å². The van der Waals surface area contributed by atoms with E-state index >= 15 is 0 Å². The zero-order valence-electron chi connectivity index (χ0n) is 15.0. The number of carboxylic acid groups (broad SMARTS) is 1. The van der Waals surface area contributed by atoms with Crippen molar-refractivity contribution in [2.75, 3.05) is 19.0 Å². The number of rotatable bonds is 6. The summed E-state index contributed by atoms with van der Waals surface area (Å²) >= 11 is 5.99. The molecule has 3 rings (SSSR count). The number of aliphatic carboxylic acids is 1. The van der Waals surface area contributed by atoms with Crippen molar-refractivity contribution in [2.45, 2.75) is 32.5 Å². The molecule has 0 bridgehead atoms. The molecule has 1 aromatic heterocycles. The van der Waals surface area contributed by atoms with Crippen molar-refractivity contribution in [1.29, 1.82) is 0 Å². The van der Waals surface area contributed by atoms with Gasteiger partial charge in [-0.1, -0.05) is 11.6 Å². The van der Waals surface area contributed by atoms with Crippen molar-refractivity contribution >= 4 is 29.2 Å². The second-order valence-electron chi connectivity index (χ2n) is 6.17. The summed E-state index contributed by atoms with van der Waals surface area (Å²) in [4.78, 5) is 25.6. The Kier molecular flexibility index (Phi) is 5.50. The highest BCUT2D eigenvalue weighted by Gasteiger charge is 2.36. The van der Waals surface area contributed by atoms with Crippen LogP contribution in [0.1, 0.15) is 18.1 Å². The van der Waals surface area contributed by atoms with Crippen LogP contribution in [0.2, 0.25) is 5.02 Å². The van der Waals surface area contributed by atoms with Gasteiger partial charge in [0.25, 0.3) is 0 Å². The van der Waals surface area contributed by atoms with Crippen LogP contribution in [0.25, 0.3) is 0 Å². The smallest absolute Gasteiger partial charge is 0.328 e. The van der Waals surface area contributed by atoms with Gasteiger partial charge in [0.15, 0.2) is 5.82 Å². The van der Waals surface area contributed by atoms with Crippen LogP contribution in [0.15, 0.2) is 18.2 Å². The topological polar surface area (TPSA) is 110 Å². The average molecular weight is 394 g/mol. The van der Waals surface area contributed by atoms with E-state index < -0.39 is 12.0 Å². The highest BCUT2D eigenvalue weighted by Crippen LogP contribution is 2.27. The number of aryl methyl sites for hydroxylation is 1. The molecule has 2 heterocycles. The molecular formula is C17H20ClN5O4. The van der Waals surface area contributed by atoms with E-state index in [9.17, 15) is 14.7 Å². The number of aromatic nitrogens is 3. The number of carbonyl (C=O) groups excluding carboxylic acids is 1. The summed E-state index contributed by atoms with van der Waals surface area (Å²) in [7, 11) is 1.54. The van der Waals surface area contributed by atoms with Gasteiger partial charge in [-0.15, -0.1) is 10.2 Å². The molecule has 0 radical (unpaired) electrons. The van der Waals surface area contributed by atoms with E-state index in [4.69, 9.17) is 16.3 Å². The van der Waals surface area contributed by atoms with Crippen molar-refractivity contribution in [1.82, 2.24) is 19.7 Å². The number of hydrogen-bond acceptors (Lipinski definition) is 6. The lowest BCUT2D eigenvalue weighted by atomic mass is 10.1. The molecule has 10 heteroatoms. The number of nitrogens with one attached hydrogen (secondary N) is 1. The molecule has 0 spiro atoms. The van der Waals surface area contributed by atoms with E-state index in [1.54, 1.807) is 36.8 Å². The molecule has 1 aliphatic rings. The zero-order chi connectivity index (χ0) is 19.6. The van der Waals surface area contributed by atoms with Crippen molar-refractivity contribution in [2.24, 2.45) is 0 Å². The molecule has 0 saturated heterocycles. The van der Waals surface area contributed by atoms with E-state index in [2.05, 4.69) is 15.5 Å². The Morgan fingerprint density at radius 3 is 2.89 bits per heavy atom. The average Bonchev–Trinajstić information content (AvgIpc) is 3.01. The number of amides is 1. The number of benzene rings is 1. The summed E-state index contributed by atoms with van der Waals surface area (Å²) in [6, 6.07) is 4.20. The van der Waals surface area contributed by atoms with Crippen LogP contribution in [0.4, 0.5) is 5.69 Å². The normalized spacial score (nSPS) is 16.0. The lowest BCUT2D eigenvalue weighted by molar-refractivity contribution is -0.152. The molecule has 1 atom stereocenters. The first-order valence-electron chi connectivity index (χ1n) is 8.39. The Labute approximate surface area is 160 Å². The molecule has 1 aromatic carbocycles. The van der Waals surface area contributed by atoms with Crippen LogP contribution in [0.5, 0.6) is 5.75 Å². The van der Waals surface area contributed by atoms with Crippen LogP contribution in [-0.2, 0) is 22.7 Å². The van der Waals surface area contributed by atoms with Gasteiger partial charge in [-0.05, 0) is 25.1 Å². The number of methoxy groups -OCH3 is 1. The molecular weight excluding hydrogens is 374 g/mol. The second-order valence-corrected chi connectivity index (χ2v) is 6.61. The minimum atomic E-state index is -1.05. The predicted molar refractivity (Wildman–Crippen MR) is 97.8 cm³/mol. The number of carboxylic acids is 1. The Morgan fingerprint density at radius 2 is 2.19 bits per heavy atom. The van der Waals surface area contributed by atoms with Crippen molar-refractivity contribution in [3.05, 3.63) is 34.9 Å². The molecule has 2 N–H and O–H groups in total. The van der Waals surface area contributed by atoms with Crippen LogP contribution in [0.3, 0.4) is 0 Å². The fourth-order valence-corrected chi connectivity index (χ4v) is 3.22. The summed E-state index contributed by atoms with van der Waals surface area (Å²) in [5, 5.41) is 21.1. The van der Waals surface area contributed by atoms with Gasteiger partial charge in [-0.2, -0.15) is 0 Å². The van der Waals surface area contributed by atoms with E-state index in [0.717, 1.165) is 0 Å². The standard InChI is InChI=1S/C17H20ClN5O4/c1-10-20-21-15-9-23(13(17(25)26)8-22(10)15)16(24)5-6-19-12-7-11(18)3-4-14(12)27-2/h3-4,7,13,19H,5-6,8-9H2,1-2H3,(H,25,26). The SMILES string of the molecule is COc1ccc(Cl)cc1NCCC(=O)N1Cc2nnc(C)n2CC1C(=O)O. The third-order valence-corrected chi connectivity index (χ3v) is 4.71. The fraction of sp³-hybridized carbons (Fsp3) is 0.412. The van der Waals surface area contributed by atoms with Gasteiger partial charge in [0.1, 0.15) is 17.6 Å². The van der Waals surface area contributed by atoms with E-state index in [1.807, 2.05) is 0 Å². The first-order chi connectivity index (χ1) is 12.9. The molecule has 0 aliphatic carbocycles. The highest BCUT2D eigenvalue weighted by atomic mass is 35.5. The molecule has 0 saturated carbocycles. The quantitative estimate of drug-likeness (QED) is 0.766. The largest absolute Gasteiger partial charge is 0.495 e. The van der Waals surface area contributed by atoms with E-state index in [0.29, 0.717) is 34.7 Å². The molecule has 0 fully saturated rings. The third-order valence-electron chi connectivity index (χ3n) is 4.48. The lowest BCUT2D eigenvalue weighted by Gasteiger charge is -2.33. The minimum Gasteiger partial charge on any atom is -0.495 e. The second kappa shape index (κ2) is 7.83. The Morgan fingerprint density at radius 1 is 1.41 bits per heavy atom. The van der Waals surface area contributed by atoms with Gasteiger partial charge >= 0.3 is 5.97 Å². The summed E-state index contributed by atoms with van der Waals surface area (Å²) < 4.78 is 6.99. The molecule has 2 aromatic rings. The lowest BCUT2D eigenvalue weighted by Crippen LogP contribution is -2.51. The fourth-order valence-electron chi connectivity index (χ4n) is 3.05. The number of carbonyl (C=O) groups is 2. The monoisotopic (exact) mass is 393 g/mol. The number of anilines is 1. The maximum absolute atomic E-state index is 12.6.